The van der Waals surface area contributed by atoms with Crippen LogP contribution in [0, 0.1) is 0 Å². The third-order valence-electron chi connectivity index (χ3n) is 3.18. The van der Waals surface area contributed by atoms with Gasteiger partial charge in [-0.3, -0.25) is 0 Å². The average molecular weight is 354 g/mol. The van der Waals surface area contributed by atoms with E-state index < -0.39 is 6.03 Å². The third kappa shape index (κ3) is 5.94. The lowest BCUT2D eigenvalue weighted by Crippen LogP contribution is -2.28. The first-order chi connectivity index (χ1) is 12.7. The molecule has 0 bridgehead atoms. The van der Waals surface area contributed by atoms with Crippen LogP contribution in [0.5, 0.6) is 11.5 Å². The normalized spacial score (nSPS) is 10.8. The number of rotatable bonds is 8. The van der Waals surface area contributed by atoms with Crippen LogP contribution >= 0.6 is 0 Å². The summed E-state index contributed by atoms with van der Waals surface area (Å²) in [6.45, 7) is 4.91. The van der Waals surface area contributed by atoms with Gasteiger partial charge < -0.3 is 9.47 Å². The molecule has 0 aliphatic carbocycles. The van der Waals surface area contributed by atoms with Crippen LogP contribution in [0.25, 0.3) is 0 Å². The molecule has 2 aromatic carbocycles. The Morgan fingerprint density at radius 2 is 1.27 bits per heavy atom. The Labute approximate surface area is 152 Å². The fourth-order valence-corrected chi connectivity index (χ4v) is 2.09. The fraction of sp³-hybridized carbons (Fsp3) is 0.211. The monoisotopic (exact) mass is 354 g/mol. The van der Waals surface area contributed by atoms with Crippen molar-refractivity contribution in [1.29, 1.82) is 0 Å². The summed E-state index contributed by atoms with van der Waals surface area (Å²) in [5.74, 6) is 1.40. The van der Waals surface area contributed by atoms with Crippen molar-refractivity contribution >= 4 is 18.5 Å². The second-order valence-corrected chi connectivity index (χ2v) is 5.01. The van der Waals surface area contributed by atoms with Crippen molar-refractivity contribution in [3.05, 3.63) is 59.7 Å². The molecule has 136 valence electrons. The lowest BCUT2D eigenvalue weighted by Gasteiger charge is -2.06. The van der Waals surface area contributed by atoms with Gasteiger partial charge in [0.05, 0.1) is 25.6 Å². The zero-order valence-corrected chi connectivity index (χ0v) is 14.8. The molecule has 7 nitrogen and oxygen atoms in total. The molecule has 2 aromatic rings. The molecule has 26 heavy (non-hydrogen) atoms. The lowest BCUT2D eigenvalue weighted by atomic mass is 10.2. The molecule has 0 atom stereocenters. The molecule has 7 heteroatoms. The first-order valence-electron chi connectivity index (χ1n) is 8.30. The van der Waals surface area contributed by atoms with Gasteiger partial charge in [0, 0.05) is 11.1 Å². The van der Waals surface area contributed by atoms with E-state index in [0.717, 1.165) is 11.1 Å². The van der Waals surface area contributed by atoms with Gasteiger partial charge in [-0.15, -0.1) is 0 Å². The number of hydrogen-bond donors (Lipinski definition) is 2. The topological polar surface area (TPSA) is 84.3 Å². The van der Waals surface area contributed by atoms with E-state index in [4.69, 9.17) is 9.47 Å². The maximum atomic E-state index is 11.7. The van der Waals surface area contributed by atoms with Crippen LogP contribution in [0.3, 0.4) is 0 Å². The summed E-state index contributed by atoms with van der Waals surface area (Å²) in [7, 11) is 0. The Bertz CT molecular complexity index is 711. The molecule has 0 spiro atoms. The van der Waals surface area contributed by atoms with Gasteiger partial charge in [-0.1, -0.05) is 24.3 Å². The van der Waals surface area contributed by atoms with Crippen molar-refractivity contribution in [3.63, 3.8) is 0 Å². The molecule has 0 aromatic heterocycles. The number of nitrogens with zero attached hydrogens (tertiary/aromatic N) is 2. The van der Waals surface area contributed by atoms with Gasteiger partial charge in [0.2, 0.25) is 0 Å². The van der Waals surface area contributed by atoms with Gasteiger partial charge in [-0.2, -0.15) is 10.2 Å². The third-order valence-corrected chi connectivity index (χ3v) is 3.18. The van der Waals surface area contributed by atoms with Crippen molar-refractivity contribution < 1.29 is 14.3 Å². The molecule has 0 aliphatic rings. The Hall–Kier alpha value is -3.35. The number of hydrogen-bond acceptors (Lipinski definition) is 5. The first kappa shape index (κ1) is 19.0. The SMILES string of the molecule is CCOc1ccccc1/C=N/NC(=O)N/N=C/c1ccccc1OCC. The van der Waals surface area contributed by atoms with E-state index in [2.05, 4.69) is 21.1 Å². The number of urea groups is 1. The van der Waals surface area contributed by atoms with E-state index in [0.29, 0.717) is 24.7 Å². The molecule has 0 saturated carbocycles. The van der Waals surface area contributed by atoms with E-state index in [-0.39, 0.29) is 0 Å². The van der Waals surface area contributed by atoms with Crippen LogP contribution in [-0.2, 0) is 0 Å². The van der Waals surface area contributed by atoms with E-state index >= 15 is 0 Å². The van der Waals surface area contributed by atoms with Crippen LogP contribution in [0.2, 0.25) is 0 Å². The van der Waals surface area contributed by atoms with Gasteiger partial charge in [0.15, 0.2) is 0 Å². The zero-order valence-electron chi connectivity index (χ0n) is 14.8. The van der Waals surface area contributed by atoms with Gasteiger partial charge in [-0.25, -0.2) is 15.6 Å². The summed E-state index contributed by atoms with van der Waals surface area (Å²) >= 11 is 0. The predicted octanol–water partition coefficient (Wildman–Crippen LogP) is 3.15. The maximum absolute atomic E-state index is 11.7. The number of hydrazone groups is 2. The van der Waals surface area contributed by atoms with E-state index in [1.54, 1.807) is 0 Å². The molecule has 0 unspecified atom stereocenters. The quantitative estimate of drug-likeness (QED) is 0.564. The smallest absolute Gasteiger partial charge is 0.355 e. The second-order valence-electron chi connectivity index (χ2n) is 5.01. The molecule has 0 saturated heterocycles. The number of ether oxygens (including phenoxy) is 2. The average Bonchev–Trinajstić information content (AvgIpc) is 2.65. The van der Waals surface area contributed by atoms with E-state index in [9.17, 15) is 4.79 Å². The van der Waals surface area contributed by atoms with Crippen molar-refractivity contribution in [1.82, 2.24) is 10.9 Å². The Kier molecular flexibility index (Phi) is 7.67. The number of carbonyl (C=O) groups excluding carboxylic acids is 1. The zero-order chi connectivity index (χ0) is 18.6. The highest BCUT2D eigenvalue weighted by molar-refractivity contribution is 5.86. The highest BCUT2D eigenvalue weighted by Gasteiger charge is 2.01. The summed E-state index contributed by atoms with van der Waals surface area (Å²) in [5.41, 5.74) is 6.23. The molecule has 2 N–H and O–H groups in total. The van der Waals surface area contributed by atoms with Crippen LogP contribution in [0.15, 0.2) is 58.7 Å². The fourth-order valence-electron chi connectivity index (χ4n) is 2.09. The number of benzene rings is 2. The van der Waals surface area contributed by atoms with Gasteiger partial charge in [0.25, 0.3) is 0 Å². The molecule has 2 rings (SSSR count). The minimum absolute atomic E-state index is 0.552. The molecule has 0 aliphatic heterocycles. The van der Waals surface area contributed by atoms with Crippen LogP contribution in [-0.4, -0.2) is 31.7 Å². The summed E-state index contributed by atoms with van der Waals surface area (Å²) in [4.78, 5) is 11.7. The number of para-hydroxylation sites is 2. The van der Waals surface area contributed by atoms with Crippen molar-refractivity contribution in [2.45, 2.75) is 13.8 Å². The molecule has 0 radical (unpaired) electrons. The molecular formula is C19H22N4O3. The summed E-state index contributed by atoms with van der Waals surface area (Å²) in [6, 6.07) is 14.3. The lowest BCUT2D eigenvalue weighted by molar-refractivity contribution is 0.242. The maximum Gasteiger partial charge on any atom is 0.355 e. The predicted molar refractivity (Wildman–Crippen MR) is 102 cm³/mol. The Balaban J connectivity index is 1.88. The summed E-state index contributed by atoms with van der Waals surface area (Å²) < 4.78 is 11.0. The largest absolute Gasteiger partial charge is 0.493 e. The van der Waals surface area contributed by atoms with E-state index in [1.165, 1.54) is 12.4 Å². The standard InChI is InChI=1S/C19H22N4O3/c1-3-25-17-11-7-5-9-15(17)13-20-22-19(24)23-21-14-16-10-6-8-12-18(16)26-4-2/h5-14H,3-4H2,1-2H3,(H2,22,23,24)/b20-13+,21-14+. The number of carbonyl (C=O) groups is 1. The van der Waals surface area contributed by atoms with Crippen LogP contribution in [0.4, 0.5) is 4.79 Å². The highest BCUT2D eigenvalue weighted by Crippen LogP contribution is 2.16. The molecule has 0 fully saturated rings. The Morgan fingerprint density at radius 1 is 0.846 bits per heavy atom. The summed E-state index contributed by atoms with van der Waals surface area (Å²) in [5, 5.41) is 7.78. The highest BCUT2D eigenvalue weighted by atomic mass is 16.5. The summed E-state index contributed by atoms with van der Waals surface area (Å²) in [6.07, 6.45) is 3.03. The number of amides is 2. The molecule has 2 amide bonds. The molecule has 0 heterocycles. The van der Waals surface area contributed by atoms with Crippen molar-refractivity contribution in [2.75, 3.05) is 13.2 Å². The van der Waals surface area contributed by atoms with Crippen molar-refractivity contribution in [3.8, 4) is 11.5 Å². The number of nitrogens with one attached hydrogen (secondary N) is 2. The molecular weight excluding hydrogens is 332 g/mol. The van der Waals surface area contributed by atoms with Gasteiger partial charge >= 0.3 is 6.03 Å². The second kappa shape index (κ2) is 10.5. The minimum Gasteiger partial charge on any atom is -0.493 e. The van der Waals surface area contributed by atoms with E-state index in [1.807, 2.05) is 62.4 Å². The van der Waals surface area contributed by atoms with Crippen molar-refractivity contribution in [2.24, 2.45) is 10.2 Å². The minimum atomic E-state index is -0.555. The first-order valence-corrected chi connectivity index (χ1v) is 8.30. The van der Waals surface area contributed by atoms with Gasteiger partial charge in [-0.05, 0) is 38.1 Å². The van der Waals surface area contributed by atoms with Crippen LogP contribution < -0.4 is 20.3 Å². The Morgan fingerprint density at radius 3 is 1.69 bits per heavy atom. The van der Waals surface area contributed by atoms with Crippen LogP contribution in [0.1, 0.15) is 25.0 Å². The van der Waals surface area contributed by atoms with Gasteiger partial charge in [0.1, 0.15) is 11.5 Å².